The number of aromatic nitrogens is 2. The lowest BCUT2D eigenvalue weighted by molar-refractivity contribution is -0.0589. The largest absolute Gasteiger partial charge is 0.478 e. The average molecular weight is 1040 g/mol. The summed E-state index contributed by atoms with van der Waals surface area (Å²) >= 11 is 0. The maximum atomic E-state index is 13.3. The fourth-order valence-electron chi connectivity index (χ4n) is 9.96. The number of para-hydroxylation sites is 4. The Morgan fingerprint density at radius 3 is 1.57 bits per heavy atom. The van der Waals surface area contributed by atoms with Crippen molar-refractivity contribution in [2.75, 3.05) is 65.1 Å². The summed E-state index contributed by atoms with van der Waals surface area (Å²) in [5.41, 5.74) is 13.4. The second-order valence-electron chi connectivity index (χ2n) is 19.4. The van der Waals surface area contributed by atoms with Crippen molar-refractivity contribution in [1.82, 2.24) is 20.2 Å². The van der Waals surface area contributed by atoms with Crippen molar-refractivity contribution in [3.8, 4) is 23.0 Å². The number of nitrogens with one attached hydrogen (secondary N) is 1. The number of hydrogen-bond donors (Lipinski definition) is 6. The third-order valence-corrected chi connectivity index (χ3v) is 14.1. The van der Waals surface area contributed by atoms with Crippen molar-refractivity contribution in [2.45, 2.75) is 96.7 Å². The highest BCUT2D eigenvalue weighted by Crippen LogP contribution is 2.46. The lowest BCUT2D eigenvalue weighted by atomic mass is 9.73. The van der Waals surface area contributed by atoms with E-state index in [4.69, 9.17) is 35.5 Å². The number of pyridine rings is 2. The number of anilines is 2. The number of rotatable bonds is 20. The van der Waals surface area contributed by atoms with Crippen molar-refractivity contribution >= 4 is 23.5 Å². The molecule has 8 N–H and O–H groups in total. The van der Waals surface area contributed by atoms with E-state index >= 15 is 0 Å². The number of carboxylic acids is 1. The number of nitrogens with zero attached hydrogens (tertiary/aromatic N) is 3. The molecule has 0 spiro atoms. The summed E-state index contributed by atoms with van der Waals surface area (Å²) in [6.45, 7) is 8.35. The molecular formula is C61H80N6O9. The number of aromatic carboxylic acids is 1. The quantitative estimate of drug-likeness (QED) is 0.0391. The summed E-state index contributed by atoms with van der Waals surface area (Å²) < 4.78 is 23.1. The van der Waals surface area contributed by atoms with Crippen molar-refractivity contribution in [2.24, 2.45) is 11.8 Å². The van der Waals surface area contributed by atoms with Crippen LogP contribution in [-0.4, -0.2) is 95.7 Å². The molecule has 15 heteroatoms. The molecule has 2 aromatic heterocycles. The number of piperidine rings is 2. The van der Waals surface area contributed by atoms with E-state index in [9.17, 15) is 19.8 Å². The van der Waals surface area contributed by atoms with E-state index in [1.165, 1.54) is 18.3 Å². The molecule has 4 aromatic carbocycles. The minimum Gasteiger partial charge on any atom is -0.478 e. The molecule has 8 rings (SSSR count). The number of likely N-dealkylation sites (tertiary alicyclic amines) is 1. The van der Waals surface area contributed by atoms with E-state index in [-0.39, 0.29) is 36.6 Å². The molecule has 408 valence electrons. The van der Waals surface area contributed by atoms with Crippen LogP contribution in [0.2, 0.25) is 0 Å². The van der Waals surface area contributed by atoms with Crippen molar-refractivity contribution in [3.63, 3.8) is 0 Å². The summed E-state index contributed by atoms with van der Waals surface area (Å²) in [6, 6.07) is 37.5. The number of amides is 1. The molecule has 0 bridgehead atoms. The van der Waals surface area contributed by atoms with Crippen LogP contribution in [0.15, 0.2) is 134 Å². The molecule has 76 heavy (non-hydrogen) atoms. The predicted molar refractivity (Wildman–Crippen MR) is 300 cm³/mol. The van der Waals surface area contributed by atoms with Gasteiger partial charge in [0.2, 0.25) is 0 Å². The Kier molecular flexibility index (Phi) is 23.7. The first-order chi connectivity index (χ1) is 36.3. The van der Waals surface area contributed by atoms with Crippen LogP contribution in [0.3, 0.4) is 0 Å². The number of nitrogens with two attached hydrogens (primary N) is 2. The third-order valence-electron chi connectivity index (χ3n) is 14.1. The molecule has 2 fully saturated rings. The fourth-order valence-corrected chi connectivity index (χ4v) is 9.96. The van der Waals surface area contributed by atoms with Gasteiger partial charge in [0, 0.05) is 88.0 Å². The smallest absolute Gasteiger partial charge is 0.335 e. The van der Waals surface area contributed by atoms with Crippen molar-refractivity contribution in [1.29, 1.82) is 0 Å². The van der Waals surface area contributed by atoms with Crippen LogP contribution in [0, 0.1) is 25.7 Å². The van der Waals surface area contributed by atoms with Gasteiger partial charge < -0.3 is 56.0 Å². The van der Waals surface area contributed by atoms with Gasteiger partial charge in [-0.15, -0.1) is 0 Å². The predicted octanol–water partition coefficient (Wildman–Crippen LogP) is 11.1. The van der Waals surface area contributed by atoms with Gasteiger partial charge in [0.1, 0.15) is 34.6 Å². The Morgan fingerprint density at radius 1 is 0.645 bits per heavy atom. The van der Waals surface area contributed by atoms with Gasteiger partial charge in [-0.1, -0.05) is 80.2 Å². The molecule has 2 saturated heterocycles. The molecular weight excluding hydrogens is 961 g/mol. The van der Waals surface area contributed by atoms with Crippen LogP contribution >= 0.6 is 0 Å². The Labute approximate surface area is 449 Å². The summed E-state index contributed by atoms with van der Waals surface area (Å²) in [4.78, 5) is 33.1. The monoisotopic (exact) mass is 1040 g/mol. The molecule has 0 unspecified atom stereocenters. The van der Waals surface area contributed by atoms with Crippen molar-refractivity contribution in [3.05, 3.63) is 167 Å². The number of nitrogen functional groups attached to an aromatic ring is 2. The zero-order valence-electron chi connectivity index (χ0n) is 44.0. The minimum atomic E-state index is -1.18. The van der Waals surface area contributed by atoms with E-state index in [0.29, 0.717) is 49.7 Å². The molecule has 2 aliphatic heterocycles. The molecule has 0 radical (unpaired) electrons. The number of methoxy groups -OCH3 is 2. The number of carbonyl (C=O) groups excluding carboxylic acids is 1. The summed E-state index contributed by atoms with van der Waals surface area (Å²) in [5.74, 6) is 2.44. The summed E-state index contributed by atoms with van der Waals surface area (Å²) in [7, 11) is 3.41. The SMILES string of the molecule is C.COCCCC[C@@](O)(c1ccccc1Oc1ccccc1C)[C@@H]1CCCN(C(=O)c2ccnc(N)c2)C1.COCCCC[C@@](O)(c1ccccc1Oc1ccccc1C)[C@@H]1CCCNC1.Nc1cc(C(=O)O)ccn1. The lowest BCUT2D eigenvalue weighted by Gasteiger charge is -2.43. The number of ether oxygens (including phenoxy) is 4. The number of hydrogen-bond acceptors (Lipinski definition) is 13. The first kappa shape index (κ1) is 60.0. The number of carbonyl (C=O) groups is 2. The molecule has 2 aliphatic rings. The zero-order chi connectivity index (χ0) is 53.6. The molecule has 0 aliphatic carbocycles. The first-order valence-electron chi connectivity index (χ1n) is 26.0. The van der Waals surface area contributed by atoms with E-state index in [1.54, 1.807) is 32.5 Å². The van der Waals surface area contributed by atoms with Gasteiger partial charge >= 0.3 is 5.97 Å². The van der Waals surface area contributed by atoms with Crippen LogP contribution in [0.25, 0.3) is 0 Å². The Morgan fingerprint density at radius 2 is 1.11 bits per heavy atom. The maximum Gasteiger partial charge on any atom is 0.335 e. The van der Waals surface area contributed by atoms with Gasteiger partial charge in [0.25, 0.3) is 5.91 Å². The fraction of sp³-hybridized carbons (Fsp3) is 0.410. The lowest BCUT2D eigenvalue weighted by Crippen LogP contribution is -2.48. The Hall–Kier alpha value is -6.88. The average Bonchev–Trinajstić information content (AvgIpc) is 3.43. The highest BCUT2D eigenvalue weighted by molar-refractivity contribution is 5.94. The highest BCUT2D eigenvalue weighted by atomic mass is 16.5. The van der Waals surface area contributed by atoms with E-state index < -0.39 is 17.2 Å². The molecule has 4 heterocycles. The zero-order valence-corrected chi connectivity index (χ0v) is 44.0. The van der Waals surface area contributed by atoms with Gasteiger partial charge in [-0.3, -0.25) is 4.79 Å². The topological polar surface area (TPSA) is 225 Å². The van der Waals surface area contributed by atoms with Crippen LogP contribution in [-0.2, 0) is 20.7 Å². The van der Waals surface area contributed by atoms with E-state index in [2.05, 4.69) is 15.3 Å². The van der Waals surface area contributed by atoms with Gasteiger partial charge in [0.15, 0.2) is 0 Å². The molecule has 4 atom stereocenters. The number of carboxylic acid groups (broad SMARTS) is 1. The third kappa shape index (κ3) is 16.6. The van der Waals surface area contributed by atoms with Crippen LogP contribution in [0.4, 0.5) is 11.6 Å². The van der Waals surface area contributed by atoms with Gasteiger partial charge in [0.05, 0.1) is 16.8 Å². The number of benzene rings is 4. The van der Waals surface area contributed by atoms with Crippen LogP contribution in [0.5, 0.6) is 23.0 Å². The van der Waals surface area contributed by atoms with Gasteiger partial charge in [-0.2, -0.15) is 0 Å². The summed E-state index contributed by atoms with van der Waals surface area (Å²) in [6.07, 6.45) is 11.4. The second-order valence-corrected chi connectivity index (χ2v) is 19.4. The molecule has 6 aromatic rings. The highest BCUT2D eigenvalue weighted by Gasteiger charge is 2.43. The first-order valence-corrected chi connectivity index (χ1v) is 26.0. The number of aliphatic hydroxyl groups is 2. The molecule has 15 nitrogen and oxygen atoms in total. The normalized spacial score (nSPS) is 16.7. The Balaban J connectivity index is 0.000000240. The standard InChI is InChI=1S/C30H37N3O4.C24H33NO3.C6H6N2O2.CH4/c1-22-10-3-5-13-26(22)37-27-14-6-4-12-25(27)30(35,16-7-8-19-36-2)24-11-9-18-33(21-24)29(34)23-15-17-32-28(31)20-23;1-19-10-3-5-13-22(19)28-23-14-6-4-12-21(23)24(26,15-7-8-17-27-2)20-11-9-16-25-18-20;7-5-3-4(6(9)10)1-2-8-5;/h3-6,10,12-15,17,20,24,35H,7-9,11,16,18-19,21H2,1-2H3,(H2,31,32);3-6,10,12-14,20,25-26H,7-9,11,15-18H2,1-2H3;1-3H,(H2,7,8)(H,9,10);1H4/t24-,30+;20-,24+;;/m11../s1. The number of aryl methyl sites for hydroxylation is 2. The van der Waals surface area contributed by atoms with Gasteiger partial charge in [-0.05, 0) is 144 Å². The van der Waals surface area contributed by atoms with Gasteiger partial charge in [-0.25, -0.2) is 14.8 Å². The second kappa shape index (κ2) is 30.0. The van der Waals surface area contributed by atoms with Crippen molar-refractivity contribution < 1.29 is 43.9 Å². The maximum absolute atomic E-state index is 13.3. The van der Waals surface area contributed by atoms with Crippen LogP contribution < -0.4 is 26.3 Å². The summed E-state index contributed by atoms with van der Waals surface area (Å²) in [5, 5.41) is 36.3. The van der Waals surface area contributed by atoms with E-state index in [1.807, 2.05) is 116 Å². The molecule has 0 saturated carbocycles. The molecule has 1 amide bonds. The minimum absolute atomic E-state index is 0. The van der Waals surface area contributed by atoms with Crippen LogP contribution in [0.1, 0.15) is 115 Å². The van der Waals surface area contributed by atoms with E-state index in [0.717, 1.165) is 111 Å². The Bertz CT molecular complexity index is 2740. The number of unbranched alkanes of at least 4 members (excludes halogenated alkanes) is 2.